The molecule has 0 fully saturated rings. The summed E-state index contributed by atoms with van der Waals surface area (Å²) in [7, 11) is 0. The molecule has 0 spiro atoms. The standard InChI is InChI=1S/C19H17NO3/c1-13-7-9-15(10-8-13)23-18-6-4-3-5-17(18)20-19(21)16-11-12-22-14(16)2/h3-12H,1-2H3,(H,20,21). The van der Waals surface area contributed by atoms with Crippen molar-refractivity contribution in [2.75, 3.05) is 5.32 Å². The summed E-state index contributed by atoms with van der Waals surface area (Å²) in [5, 5.41) is 2.86. The normalized spacial score (nSPS) is 10.3. The van der Waals surface area contributed by atoms with Crippen LogP contribution in [0.3, 0.4) is 0 Å². The third kappa shape index (κ3) is 3.43. The first kappa shape index (κ1) is 14.9. The lowest BCUT2D eigenvalue weighted by molar-refractivity contribution is 0.102. The van der Waals surface area contributed by atoms with Crippen molar-refractivity contribution in [3.63, 3.8) is 0 Å². The van der Waals surface area contributed by atoms with E-state index in [1.54, 1.807) is 19.1 Å². The van der Waals surface area contributed by atoms with Crippen LogP contribution in [-0.2, 0) is 0 Å². The highest BCUT2D eigenvalue weighted by atomic mass is 16.5. The fourth-order valence-electron chi connectivity index (χ4n) is 2.20. The molecule has 0 aliphatic heterocycles. The van der Waals surface area contributed by atoms with Crippen LogP contribution < -0.4 is 10.1 Å². The summed E-state index contributed by atoms with van der Waals surface area (Å²) in [6.45, 7) is 3.77. The van der Waals surface area contributed by atoms with Gasteiger partial charge in [0.2, 0.25) is 0 Å². The van der Waals surface area contributed by atoms with E-state index in [0.717, 1.165) is 11.3 Å². The number of anilines is 1. The molecule has 0 aliphatic rings. The predicted octanol–water partition coefficient (Wildman–Crippen LogP) is 4.94. The number of benzene rings is 2. The molecule has 3 rings (SSSR count). The zero-order valence-electron chi connectivity index (χ0n) is 13.0. The van der Waals surface area contributed by atoms with E-state index in [1.165, 1.54) is 6.26 Å². The van der Waals surface area contributed by atoms with Crippen molar-refractivity contribution < 1.29 is 13.9 Å². The number of amides is 1. The van der Waals surface area contributed by atoms with Crippen LogP contribution in [0.1, 0.15) is 21.7 Å². The maximum atomic E-state index is 12.3. The molecule has 1 heterocycles. The average molecular weight is 307 g/mol. The van der Waals surface area contributed by atoms with Gasteiger partial charge in [0.15, 0.2) is 5.75 Å². The molecular formula is C19H17NO3. The molecule has 1 aromatic heterocycles. The van der Waals surface area contributed by atoms with E-state index in [1.807, 2.05) is 49.4 Å². The summed E-state index contributed by atoms with van der Waals surface area (Å²) in [5.41, 5.74) is 2.28. The zero-order valence-corrected chi connectivity index (χ0v) is 13.0. The van der Waals surface area contributed by atoms with Gasteiger partial charge in [-0.15, -0.1) is 0 Å². The van der Waals surface area contributed by atoms with Crippen LogP contribution in [-0.4, -0.2) is 5.91 Å². The summed E-state index contributed by atoms with van der Waals surface area (Å²) in [4.78, 5) is 12.3. The van der Waals surface area contributed by atoms with E-state index in [4.69, 9.17) is 9.15 Å². The Labute approximate surface area is 134 Å². The van der Waals surface area contributed by atoms with E-state index in [9.17, 15) is 4.79 Å². The molecule has 2 aromatic carbocycles. The van der Waals surface area contributed by atoms with Gasteiger partial charge < -0.3 is 14.5 Å². The maximum Gasteiger partial charge on any atom is 0.259 e. The van der Waals surface area contributed by atoms with Crippen molar-refractivity contribution in [3.05, 3.63) is 77.7 Å². The minimum atomic E-state index is -0.226. The molecule has 0 bridgehead atoms. The zero-order chi connectivity index (χ0) is 16.2. The van der Waals surface area contributed by atoms with Crippen LogP contribution in [0.15, 0.2) is 65.3 Å². The molecule has 0 unspecified atom stereocenters. The van der Waals surface area contributed by atoms with E-state index >= 15 is 0 Å². The molecule has 0 saturated carbocycles. The lowest BCUT2D eigenvalue weighted by Crippen LogP contribution is -2.12. The van der Waals surface area contributed by atoms with Crippen LogP contribution in [0.5, 0.6) is 11.5 Å². The number of carbonyl (C=O) groups excluding carboxylic acids is 1. The van der Waals surface area contributed by atoms with Crippen molar-refractivity contribution in [3.8, 4) is 11.5 Å². The first-order chi connectivity index (χ1) is 11.1. The largest absolute Gasteiger partial charge is 0.469 e. The number of ether oxygens (including phenoxy) is 1. The van der Waals surface area contributed by atoms with Gasteiger partial charge in [0.25, 0.3) is 5.91 Å². The lowest BCUT2D eigenvalue weighted by Gasteiger charge is -2.12. The molecule has 3 aromatic rings. The number of hydrogen-bond donors (Lipinski definition) is 1. The molecule has 4 nitrogen and oxygen atoms in total. The summed E-state index contributed by atoms with van der Waals surface area (Å²) < 4.78 is 11.0. The Morgan fingerprint density at radius 1 is 1.00 bits per heavy atom. The van der Waals surface area contributed by atoms with Gasteiger partial charge in [-0.1, -0.05) is 29.8 Å². The van der Waals surface area contributed by atoms with Gasteiger partial charge in [0, 0.05) is 0 Å². The summed E-state index contributed by atoms with van der Waals surface area (Å²) in [6.07, 6.45) is 1.50. The van der Waals surface area contributed by atoms with Gasteiger partial charge in [-0.25, -0.2) is 0 Å². The lowest BCUT2D eigenvalue weighted by atomic mass is 10.2. The maximum absolute atomic E-state index is 12.3. The molecule has 0 aliphatic carbocycles. The molecule has 0 radical (unpaired) electrons. The molecule has 4 heteroatoms. The highest BCUT2D eigenvalue weighted by Crippen LogP contribution is 2.30. The van der Waals surface area contributed by atoms with Crippen molar-refractivity contribution in [2.45, 2.75) is 13.8 Å². The third-order valence-corrected chi connectivity index (χ3v) is 3.49. The Morgan fingerprint density at radius 2 is 1.74 bits per heavy atom. The van der Waals surface area contributed by atoms with Crippen molar-refractivity contribution in [2.24, 2.45) is 0 Å². The quantitative estimate of drug-likeness (QED) is 0.742. The molecule has 1 amide bonds. The number of furan rings is 1. The number of carbonyl (C=O) groups is 1. The first-order valence-electron chi connectivity index (χ1n) is 7.32. The molecule has 0 atom stereocenters. The SMILES string of the molecule is Cc1ccc(Oc2ccccc2NC(=O)c2ccoc2C)cc1. The van der Waals surface area contributed by atoms with Gasteiger partial charge >= 0.3 is 0 Å². The predicted molar refractivity (Wildman–Crippen MR) is 89.1 cm³/mol. The molecule has 1 N–H and O–H groups in total. The minimum absolute atomic E-state index is 0.226. The first-order valence-corrected chi connectivity index (χ1v) is 7.32. The minimum Gasteiger partial charge on any atom is -0.469 e. The van der Waals surface area contributed by atoms with E-state index in [2.05, 4.69) is 5.32 Å². The Kier molecular flexibility index (Phi) is 4.15. The second-order valence-electron chi connectivity index (χ2n) is 5.26. The van der Waals surface area contributed by atoms with Gasteiger partial charge in [-0.05, 0) is 44.2 Å². The monoisotopic (exact) mass is 307 g/mol. The smallest absolute Gasteiger partial charge is 0.259 e. The van der Waals surface area contributed by atoms with E-state index < -0.39 is 0 Å². The highest BCUT2D eigenvalue weighted by Gasteiger charge is 2.14. The number of aryl methyl sites for hydroxylation is 2. The van der Waals surface area contributed by atoms with E-state index in [0.29, 0.717) is 22.8 Å². The summed E-state index contributed by atoms with van der Waals surface area (Å²) in [5.74, 6) is 1.67. The van der Waals surface area contributed by atoms with Crippen LogP contribution in [0.4, 0.5) is 5.69 Å². The fourth-order valence-corrected chi connectivity index (χ4v) is 2.20. The summed E-state index contributed by atoms with van der Waals surface area (Å²) >= 11 is 0. The number of para-hydroxylation sites is 2. The average Bonchev–Trinajstić information content (AvgIpc) is 2.97. The number of hydrogen-bond acceptors (Lipinski definition) is 3. The van der Waals surface area contributed by atoms with Crippen molar-refractivity contribution in [1.29, 1.82) is 0 Å². The Balaban J connectivity index is 1.82. The van der Waals surface area contributed by atoms with Crippen LogP contribution in [0.2, 0.25) is 0 Å². The second-order valence-corrected chi connectivity index (χ2v) is 5.26. The Hall–Kier alpha value is -3.01. The molecule has 23 heavy (non-hydrogen) atoms. The fraction of sp³-hybridized carbons (Fsp3) is 0.105. The van der Waals surface area contributed by atoms with Gasteiger partial charge in [-0.2, -0.15) is 0 Å². The molecule has 116 valence electrons. The van der Waals surface area contributed by atoms with Gasteiger partial charge in [0.1, 0.15) is 11.5 Å². The van der Waals surface area contributed by atoms with Crippen molar-refractivity contribution >= 4 is 11.6 Å². The van der Waals surface area contributed by atoms with Crippen LogP contribution in [0.25, 0.3) is 0 Å². The number of nitrogens with one attached hydrogen (secondary N) is 1. The van der Waals surface area contributed by atoms with Gasteiger partial charge in [-0.3, -0.25) is 4.79 Å². The number of rotatable bonds is 4. The van der Waals surface area contributed by atoms with Crippen LogP contribution >= 0.6 is 0 Å². The Morgan fingerprint density at radius 3 is 2.43 bits per heavy atom. The molecule has 0 saturated heterocycles. The van der Waals surface area contributed by atoms with Crippen molar-refractivity contribution in [1.82, 2.24) is 0 Å². The summed E-state index contributed by atoms with van der Waals surface area (Å²) in [6, 6.07) is 16.7. The highest BCUT2D eigenvalue weighted by molar-refractivity contribution is 6.05. The van der Waals surface area contributed by atoms with E-state index in [-0.39, 0.29) is 5.91 Å². The third-order valence-electron chi connectivity index (χ3n) is 3.49. The Bertz CT molecular complexity index is 819. The topological polar surface area (TPSA) is 51.5 Å². The second kappa shape index (κ2) is 6.40. The van der Waals surface area contributed by atoms with Gasteiger partial charge in [0.05, 0.1) is 17.5 Å². The molecular weight excluding hydrogens is 290 g/mol. The van der Waals surface area contributed by atoms with Crippen LogP contribution in [0, 0.1) is 13.8 Å².